The van der Waals surface area contributed by atoms with Gasteiger partial charge in [0, 0.05) is 29.6 Å². The Morgan fingerprint density at radius 2 is 1.16 bits per heavy atom. The van der Waals surface area contributed by atoms with Crippen LogP contribution >= 0.6 is 48.1 Å². The molecule has 19 heavy (non-hydrogen) atoms. The maximum Gasteiger partial charge on any atom is 0.161 e. The molecule has 0 N–H and O–H groups in total. The normalized spacial score (nSPS) is 18.1. The zero-order valence-corrected chi connectivity index (χ0v) is 15.1. The lowest BCUT2D eigenvalue weighted by Gasteiger charge is -2.26. The van der Waals surface area contributed by atoms with Gasteiger partial charge in [0.2, 0.25) is 0 Å². The van der Waals surface area contributed by atoms with Crippen molar-refractivity contribution in [3.8, 4) is 0 Å². The molecule has 0 rings (SSSR count). The zero-order chi connectivity index (χ0) is 15.1. The van der Waals surface area contributed by atoms with Crippen molar-refractivity contribution in [1.82, 2.24) is 0 Å². The van der Waals surface area contributed by atoms with E-state index in [1.807, 2.05) is 0 Å². The quantitative estimate of drug-likeness (QED) is 0.288. The van der Waals surface area contributed by atoms with E-state index in [1.54, 1.807) is 13.8 Å². The van der Waals surface area contributed by atoms with Gasteiger partial charge in [0.05, 0.1) is 0 Å². The van der Waals surface area contributed by atoms with Gasteiger partial charge < -0.3 is 14.2 Å². The fraction of sp³-hybridized carbons (Fsp3) is 1.00. The smallest absolute Gasteiger partial charge is 0.161 e. The molecule has 0 radical (unpaired) electrons. The molecule has 0 aromatic carbocycles. The summed E-state index contributed by atoms with van der Waals surface area (Å²) in [7, 11) is -7.92. The highest BCUT2D eigenvalue weighted by Crippen LogP contribution is 2.59. The summed E-state index contributed by atoms with van der Waals surface area (Å²) in [6.07, 6.45) is -1.22. The number of halogens is 6. The molecule has 0 aromatic rings. The summed E-state index contributed by atoms with van der Waals surface area (Å²) >= 11 is 4.43. The van der Waals surface area contributed by atoms with Crippen LogP contribution in [-0.4, -0.2) is 24.5 Å². The summed E-state index contributed by atoms with van der Waals surface area (Å²) in [5.41, 5.74) is 0. The summed E-state index contributed by atoms with van der Waals surface area (Å²) in [5, 5.41) is 0. The second kappa shape index (κ2) is 9.31. The minimum atomic E-state index is -3.96. The van der Waals surface area contributed by atoms with Gasteiger partial charge in [-0.2, -0.15) is 0 Å². The lowest BCUT2D eigenvalue weighted by Crippen LogP contribution is -2.26. The molecule has 0 heterocycles. The molecule has 0 aromatic heterocycles. The van der Waals surface area contributed by atoms with Crippen molar-refractivity contribution in [2.45, 2.75) is 39.3 Å². The Hall–Kier alpha value is 1.26. The number of hydrogen-bond donors (Lipinski definition) is 0. The molecule has 0 saturated carbocycles. The van der Waals surface area contributed by atoms with E-state index in [9.17, 15) is 15.5 Å². The molecule has 0 saturated heterocycles. The average molecular weight is 460 g/mol. The van der Waals surface area contributed by atoms with Crippen LogP contribution in [0.25, 0.3) is 0 Å². The Morgan fingerprint density at radius 1 is 0.842 bits per heavy atom. The van der Waals surface area contributed by atoms with Crippen LogP contribution in [0, 0.1) is 0 Å². The standard InChI is InChI=1S/C8H16Br2F4O3S2/c1-3-7(15-5-18(9,11)12)17-8(4-2)16-6-19(10,13)14/h7-8H,3-6H2,1-2H3. The summed E-state index contributed by atoms with van der Waals surface area (Å²) in [6.45, 7) is 3.34. The third-order valence-electron chi connectivity index (χ3n) is 1.75. The Bertz CT molecular complexity index is 229. The molecule has 0 fully saturated rings. The molecule has 0 amide bonds. The molecule has 2 atom stereocenters. The van der Waals surface area contributed by atoms with Crippen molar-refractivity contribution in [1.29, 1.82) is 0 Å². The fourth-order valence-corrected chi connectivity index (χ4v) is 2.24. The highest BCUT2D eigenvalue weighted by atomic mass is 79.9. The first-order valence-electron chi connectivity index (χ1n) is 5.25. The van der Waals surface area contributed by atoms with Gasteiger partial charge in [0.15, 0.2) is 12.6 Å². The Kier molecular flexibility index (Phi) is 9.93. The van der Waals surface area contributed by atoms with E-state index in [0.29, 0.717) is 12.8 Å². The van der Waals surface area contributed by atoms with Gasteiger partial charge in [-0.3, -0.25) is 0 Å². The molecule has 0 bridgehead atoms. The van der Waals surface area contributed by atoms with Crippen LogP contribution in [0.15, 0.2) is 0 Å². The minimum absolute atomic E-state index is 0.305. The van der Waals surface area contributed by atoms with Gasteiger partial charge in [-0.05, 0) is 12.8 Å². The molecule has 2 unspecified atom stereocenters. The number of rotatable bonds is 10. The minimum Gasteiger partial charge on any atom is -0.338 e. The predicted molar refractivity (Wildman–Crippen MR) is 78.6 cm³/mol. The van der Waals surface area contributed by atoms with Crippen LogP contribution in [-0.2, 0) is 14.2 Å². The van der Waals surface area contributed by atoms with Crippen LogP contribution in [0.4, 0.5) is 15.5 Å². The van der Waals surface area contributed by atoms with Gasteiger partial charge in [0.25, 0.3) is 0 Å². The van der Waals surface area contributed by atoms with Crippen molar-refractivity contribution in [3.05, 3.63) is 0 Å². The Labute approximate surface area is 128 Å². The summed E-state index contributed by atoms with van der Waals surface area (Å²) in [6, 6.07) is 0. The van der Waals surface area contributed by atoms with Crippen molar-refractivity contribution in [3.63, 3.8) is 0 Å². The van der Waals surface area contributed by atoms with E-state index in [0.717, 1.165) is 0 Å². The third-order valence-corrected chi connectivity index (χ3v) is 3.67. The van der Waals surface area contributed by atoms with Crippen molar-refractivity contribution in [2.75, 3.05) is 11.9 Å². The molecule has 11 heteroatoms. The van der Waals surface area contributed by atoms with Gasteiger partial charge in [-0.1, -0.05) is 13.8 Å². The van der Waals surface area contributed by atoms with Gasteiger partial charge in [-0.15, -0.1) is 15.5 Å². The SMILES string of the molecule is CCC(OCS(F)(F)Br)OC(CC)OCS(F)(F)Br. The highest BCUT2D eigenvalue weighted by molar-refractivity contribution is 9.56. The molecular weight excluding hydrogens is 444 g/mol. The van der Waals surface area contributed by atoms with Crippen molar-refractivity contribution in [2.24, 2.45) is 0 Å². The second-order valence-electron chi connectivity index (χ2n) is 3.39. The van der Waals surface area contributed by atoms with Gasteiger partial charge >= 0.3 is 0 Å². The van der Waals surface area contributed by atoms with Crippen LogP contribution in [0.3, 0.4) is 0 Å². The molecule has 0 aliphatic rings. The molecule has 3 nitrogen and oxygen atoms in total. The van der Waals surface area contributed by atoms with Crippen molar-refractivity contribution < 1.29 is 29.8 Å². The first kappa shape index (κ1) is 20.3. The van der Waals surface area contributed by atoms with E-state index in [2.05, 4.69) is 29.6 Å². The molecular formula is C8H16Br2F4O3S2. The topological polar surface area (TPSA) is 27.7 Å². The van der Waals surface area contributed by atoms with Gasteiger partial charge in [-0.25, -0.2) is 0 Å². The second-order valence-corrected chi connectivity index (χ2v) is 11.5. The summed E-state index contributed by atoms with van der Waals surface area (Å²) in [5.74, 6) is -1.58. The maximum absolute atomic E-state index is 12.6. The van der Waals surface area contributed by atoms with Crippen LogP contribution in [0.1, 0.15) is 26.7 Å². The number of ether oxygens (including phenoxy) is 3. The summed E-state index contributed by atoms with van der Waals surface area (Å²) in [4.78, 5) is 0. The van der Waals surface area contributed by atoms with E-state index < -0.39 is 42.9 Å². The van der Waals surface area contributed by atoms with E-state index >= 15 is 0 Å². The van der Waals surface area contributed by atoms with Crippen LogP contribution in [0.5, 0.6) is 0 Å². The van der Waals surface area contributed by atoms with Crippen LogP contribution in [0.2, 0.25) is 0 Å². The monoisotopic (exact) mass is 458 g/mol. The van der Waals surface area contributed by atoms with E-state index in [1.165, 1.54) is 0 Å². The average Bonchev–Trinajstić information content (AvgIpc) is 2.25. The third kappa shape index (κ3) is 12.7. The lowest BCUT2D eigenvalue weighted by molar-refractivity contribution is -0.235. The van der Waals surface area contributed by atoms with E-state index in [4.69, 9.17) is 14.2 Å². The first-order valence-corrected chi connectivity index (χ1v) is 12.1. The molecule has 120 valence electrons. The summed E-state index contributed by atoms with van der Waals surface area (Å²) < 4.78 is 65.5. The van der Waals surface area contributed by atoms with Gasteiger partial charge in [0.1, 0.15) is 30.3 Å². The maximum atomic E-state index is 12.6. The lowest BCUT2D eigenvalue weighted by atomic mass is 10.4. The molecule has 0 spiro atoms. The van der Waals surface area contributed by atoms with Crippen molar-refractivity contribution >= 4 is 48.1 Å². The molecule has 0 aliphatic heterocycles. The number of hydrogen-bond acceptors (Lipinski definition) is 3. The fourth-order valence-electron chi connectivity index (χ4n) is 0.982. The molecule has 0 aliphatic carbocycles. The highest BCUT2D eigenvalue weighted by Gasteiger charge is 2.25. The predicted octanol–water partition coefficient (Wildman–Crippen LogP) is 6.19. The Morgan fingerprint density at radius 3 is 1.37 bits per heavy atom. The largest absolute Gasteiger partial charge is 0.338 e. The zero-order valence-electron chi connectivity index (χ0n) is 10.3. The van der Waals surface area contributed by atoms with Crippen LogP contribution < -0.4 is 0 Å². The first-order chi connectivity index (χ1) is 8.57. The van der Waals surface area contributed by atoms with E-state index in [-0.39, 0.29) is 0 Å². The Balaban J connectivity index is 4.17.